The lowest BCUT2D eigenvalue weighted by atomic mass is 9.91. The van der Waals surface area contributed by atoms with Crippen LogP contribution in [-0.2, 0) is 10.9 Å². The number of ether oxygens (including phenoxy) is 1. The van der Waals surface area contributed by atoms with E-state index in [1.54, 1.807) is 29.2 Å². The van der Waals surface area contributed by atoms with Crippen LogP contribution in [-0.4, -0.2) is 38.6 Å². The van der Waals surface area contributed by atoms with Gasteiger partial charge in [0.25, 0.3) is 0 Å². The van der Waals surface area contributed by atoms with Crippen LogP contribution in [0.15, 0.2) is 41.4 Å². The summed E-state index contributed by atoms with van der Waals surface area (Å²) in [5, 5.41) is 9.45. The minimum absolute atomic E-state index is 0.154. The predicted molar refractivity (Wildman–Crippen MR) is 134 cm³/mol. The Kier molecular flexibility index (Phi) is 8.44. The number of amides is 1. The molecule has 36 heavy (non-hydrogen) atoms. The molecule has 1 amide bonds. The third kappa shape index (κ3) is 7.49. The van der Waals surface area contributed by atoms with Gasteiger partial charge in [0.2, 0.25) is 0 Å². The second-order valence-electron chi connectivity index (χ2n) is 10.7. The third-order valence-corrected chi connectivity index (χ3v) is 6.49. The highest BCUT2D eigenvalue weighted by Gasteiger charge is 2.43. The molecule has 2 aromatic rings. The van der Waals surface area contributed by atoms with Gasteiger partial charge in [-0.25, -0.2) is 14.8 Å². The van der Waals surface area contributed by atoms with Crippen molar-refractivity contribution >= 4 is 23.9 Å². The van der Waals surface area contributed by atoms with Crippen LogP contribution >= 0.6 is 11.9 Å². The van der Waals surface area contributed by atoms with E-state index < -0.39 is 29.1 Å². The van der Waals surface area contributed by atoms with Gasteiger partial charge in [0, 0.05) is 12.1 Å². The summed E-state index contributed by atoms with van der Waals surface area (Å²) >= 11 is 0.987. The molecule has 3 rings (SSSR count). The van der Waals surface area contributed by atoms with Crippen LogP contribution in [0.5, 0.6) is 0 Å². The summed E-state index contributed by atoms with van der Waals surface area (Å²) in [6.45, 7) is 10.0. The SMILES string of the molecule is CC(C)(C)OC(=O)N1CC(CCC(Nc2cccc(SN)n2)c2cccc(C(F)(F)F)n2)CC1(C)C. The van der Waals surface area contributed by atoms with Crippen LogP contribution in [0.1, 0.15) is 71.3 Å². The maximum atomic E-state index is 13.3. The molecule has 1 aliphatic rings. The van der Waals surface area contributed by atoms with Crippen molar-refractivity contribution in [1.82, 2.24) is 14.9 Å². The first-order valence-corrected chi connectivity index (χ1v) is 12.7. The number of alkyl halides is 3. The highest BCUT2D eigenvalue weighted by Crippen LogP contribution is 2.38. The minimum Gasteiger partial charge on any atom is -0.444 e. The van der Waals surface area contributed by atoms with E-state index >= 15 is 0 Å². The maximum absolute atomic E-state index is 13.3. The molecule has 1 fully saturated rings. The van der Waals surface area contributed by atoms with Gasteiger partial charge in [-0.05, 0) is 96.0 Å². The molecule has 0 saturated carbocycles. The zero-order valence-electron chi connectivity index (χ0n) is 21.2. The van der Waals surface area contributed by atoms with E-state index in [1.807, 2.05) is 34.6 Å². The molecule has 1 aliphatic heterocycles. The fourth-order valence-corrected chi connectivity index (χ4v) is 4.77. The van der Waals surface area contributed by atoms with Crippen LogP contribution in [0.25, 0.3) is 0 Å². The highest BCUT2D eigenvalue weighted by atomic mass is 32.2. The Hall–Kier alpha value is -2.53. The van der Waals surface area contributed by atoms with Gasteiger partial charge in [0.15, 0.2) is 0 Å². The Bertz CT molecular complexity index is 1060. The molecule has 0 radical (unpaired) electrons. The summed E-state index contributed by atoms with van der Waals surface area (Å²) in [5.41, 5.74) is -1.65. The Labute approximate surface area is 214 Å². The van der Waals surface area contributed by atoms with E-state index in [-0.39, 0.29) is 17.7 Å². The zero-order valence-corrected chi connectivity index (χ0v) is 22.0. The van der Waals surface area contributed by atoms with Crippen LogP contribution in [0, 0.1) is 5.92 Å². The average Bonchev–Trinajstić information content (AvgIpc) is 3.09. The van der Waals surface area contributed by atoms with E-state index in [0.29, 0.717) is 30.2 Å². The number of carbonyl (C=O) groups excluding carboxylic acids is 1. The van der Waals surface area contributed by atoms with Gasteiger partial charge in [-0.15, -0.1) is 0 Å². The number of likely N-dealkylation sites (tertiary alicyclic amines) is 1. The number of carbonyl (C=O) groups is 1. The average molecular weight is 526 g/mol. The van der Waals surface area contributed by atoms with Gasteiger partial charge < -0.3 is 15.0 Å². The van der Waals surface area contributed by atoms with Crippen molar-refractivity contribution < 1.29 is 22.7 Å². The molecule has 2 atom stereocenters. The molecular weight excluding hydrogens is 491 g/mol. The molecule has 3 heterocycles. The first-order valence-electron chi connectivity index (χ1n) is 11.8. The molecule has 2 unspecified atom stereocenters. The minimum atomic E-state index is -4.54. The number of nitrogens with one attached hydrogen (secondary N) is 1. The molecular formula is C25H34F3N5O2S. The second-order valence-corrected chi connectivity index (χ2v) is 11.3. The first kappa shape index (κ1) is 28.0. The lowest BCUT2D eigenvalue weighted by Crippen LogP contribution is -2.45. The number of nitrogens with zero attached hydrogens (tertiary/aromatic N) is 3. The van der Waals surface area contributed by atoms with Crippen molar-refractivity contribution in [3.8, 4) is 0 Å². The number of halogens is 3. The molecule has 3 N–H and O–H groups in total. The molecule has 7 nitrogen and oxygen atoms in total. The Morgan fingerprint density at radius 1 is 1.22 bits per heavy atom. The van der Waals surface area contributed by atoms with E-state index in [1.165, 1.54) is 6.07 Å². The van der Waals surface area contributed by atoms with E-state index in [0.717, 1.165) is 24.4 Å². The third-order valence-electron chi connectivity index (χ3n) is 6.02. The number of hydrogen-bond donors (Lipinski definition) is 2. The smallest absolute Gasteiger partial charge is 0.433 e. The first-order chi connectivity index (χ1) is 16.7. The predicted octanol–water partition coefficient (Wildman–Crippen LogP) is 6.43. The Morgan fingerprint density at radius 2 is 1.92 bits per heavy atom. The van der Waals surface area contributed by atoms with Gasteiger partial charge in [0.05, 0.1) is 11.7 Å². The van der Waals surface area contributed by atoms with Crippen molar-refractivity contribution in [2.75, 3.05) is 11.9 Å². The van der Waals surface area contributed by atoms with Gasteiger partial charge in [-0.3, -0.25) is 5.14 Å². The number of nitrogens with two attached hydrogens (primary N) is 1. The lowest BCUT2D eigenvalue weighted by molar-refractivity contribution is -0.141. The quantitative estimate of drug-likeness (QED) is 0.402. The summed E-state index contributed by atoms with van der Waals surface area (Å²) in [6.07, 6.45) is -2.97. The molecule has 0 bridgehead atoms. The topological polar surface area (TPSA) is 93.4 Å². The standard InChI is InChI=1S/C25H34F3N5O2S/c1-23(2,3)35-22(34)33-15-16(14-24(33,4)5)12-13-18(31-20-10-7-11-21(32-20)36-29)17-8-6-9-19(30-17)25(26,27)28/h6-11,16,18H,12-15,29H2,1-5H3,(H,31,32). The fourth-order valence-electron chi connectivity index (χ4n) is 4.46. The summed E-state index contributed by atoms with van der Waals surface area (Å²) in [6, 6.07) is 8.66. The molecule has 11 heteroatoms. The van der Waals surface area contributed by atoms with Gasteiger partial charge in [-0.1, -0.05) is 12.1 Å². The van der Waals surface area contributed by atoms with E-state index in [4.69, 9.17) is 9.88 Å². The summed E-state index contributed by atoms with van der Waals surface area (Å²) in [4.78, 5) is 22.8. The number of aromatic nitrogens is 2. The lowest BCUT2D eigenvalue weighted by Gasteiger charge is -2.33. The van der Waals surface area contributed by atoms with Gasteiger partial charge in [0.1, 0.15) is 22.1 Å². The van der Waals surface area contributed by atoms with Crippen molar-refractivity contribution in [3.63, 3.8) is 0 Å². The number of pyridine rings is 2. The fraction of sp³-hybridized carbons (Fsp3) is 0.560. The second kappa shape index (κ2) is 10.8. The van der Waals surface area contributed by atoms with Crippen molar-refractivity contribution in [1.29, 1.82) is 0 Å². The van der Waals surface area contributed by atoms with Crippen LogP contribution in [0.3, 0.4) is 0 Å². The normalized spacial score (nSPS) is 18.7. The van der Waals surface area contributed by atoms with Crippen molar-refractivity contribution in [2.24, 2.45) is 11.1 Å². The zero-order chi connectivity index (χ0) is 26.7. The van der Waals surface area contributed by atoms with E-state index in [2.05, 4.69) is 15.3 Å². The number of anilines is 1. The molecule has 0 aromatic carbocycles. The Morgan fingerprint density at radius 3 is 2.56 bits per heavy atom. The highest BCUT2D eigenvalue weighted by molar-refractivity contribution is 7.97. The summed E-state index contributed by atoms with van der Waals surface area (Å²) in [7, 11) is 0. The van der Waals surface area contributed by atoms with Gasteiger partial charge in [-0.2, -0.15) is 13.2 Å². The number of hydrogen-bond acceptors (Lipinski definition) is 7. The number of rotatable bonds is 7. The summed E-state index contributed by atoms with van der Waals surface area (Å²) in [5.74, 6) is 0.651. The van der Waals surface area contributed by atoms with Crippen LogP contribution in [0.4, 0.5) is 23.8 Å². The molecule has 0 spiro atoms. The molecule has 198 valence electrons. The molecule has 0 aliphatic carbocycles. The van der Waals surface area contributed by atoms with Crippen LogP contribution < -0.4 is 10.5 Å². The largest absolute Gasteiger partial charge is 0.444 e. The van der Waals surface area contributed by atoms with Crippen molar-refractivity contribution in [3.05, 3.63) is 47.8 Å². The van der Waals surface area contributed by atoms with Gasteiger partial charge >= 0.3 is 12.3 Å². The summed E-state index contributed by atoms with van der Waals surface area (Å²) < 4.78 is 45.6. The van der Waals surface area contributed by atoms with Crippen LogP contribution in [0.2, 0.25) is 0 Å². The monoisotopic (exact) mass is 525 g/mol. The Balaban J connectivity index is 1.79. The molecule has 2 aromatic heterocycles. The van der Waals surface area contributed by atoms with Crippen molar-refractivity contribution in [2.45, 2.75) is 82.3 Å². The van der Waals surface area contributed by atoms with E-state index in [9.17, 15) is 18.0 Å². The molecule has 1 saturated heterocycles. The maximum Gasteiger partial charge on any atom is 0.433 e.